The van der Waals surface area contributed by atoms with Gasteiger partial charge in [-0.3, -0.25) is 9.59 Å². The normalized spacial score (nSPS) is 15.8. The van der Waals surface area contributed by atoms with Crippen LogP contribution >= 0.6 is 0 Å². The number of hydrogen-bond acceptors (Lipinski definition) is 5. The molecule has 0 spiro atoms. The van der Waals surface area contributed by atoms with Gasteiger partial charge in [0.25, 0.3) is 0 Å². The Labute approximate surface area is 166 Å². The number of aryl methyl sites for hydroxylation is 1. The summed E-state index contributed by atoms with van der Waals surface area (Å²) in [5.74, 6) is -0.0474. The first-order chi connectivity index (χ1) is 13.5. The number of carbonyl (C=O) groups excluding carboxylic acids is 2. The minimum absolute atomic E-state index is 0.0205. The van der Waals surface area contributed by atoms with E-state index in [9.17, 15) is 9.59 Å². The second-order valence-corrected chi connectivity index (χ2v) is 7.71. The first-order valence-corrected chi connectivity index (χ1v) is 10.2. The first-order valence-electron chi connectivity index (χ1n) is 10.2. The molecule has 1 N–H and O–H groups in total. The van der Waals surface area contributed by atoms with Crippen molar-refractivity contribution < 1.29 is 9.59 Å². The lowest BCUT2D eigenvalue weighted by atomic mass is 10.2. The van der Waals surface area contributed by atoms with Gasteiger partial charge in [-0.1, -0.05) is 11.6 Å². The molecule has 28 heavy (non-hydrogen) atoms. The van der Waals surface area contributed by atoms with Gasteiger partial charge in [-0.15, -0.1) is 0 Å². The molecule has 0 radical (unpaired) electrons. The quantitative estimate of drug-likeness (QED) is 0.703. The Bertz CT molecular complexity index is 808. The minimum Gasteiger partial charge on any atom is -0.356 e. The maximum Gasteiger partial charge on any atom is 0.247 e. The number of benzene rings is 1. The Morgan fingerprint density at radius 2 is 1.89 bits per heavy atom. The van der Waals surface area contributed by atoms with Gasteiger partial charge >= 0.3 is 0 Å². The van der Waals surface area contributed by atoms with Crippen molar-refractivity contribution in [3.05, 3.63) is 30.0 Å². The molecule has 0 aliphatic carbocycles. The molecule has 7 heteroatoms. The zero-order valence-corrected chi connectivity index (χ0v) is 17.0. The Morgan fingerprint density at radius 3 is 2.68 bits per heavy atom. The number of piperazine rings is 1. The molecule has 3 rings (SSSR count). The number of amides is 1. The zero-order valence-electron chi connectivity index (χ0n) is 17.0. The molecule has 1 aromatic heterocycles. The van der Waals surface area contributed by atoms with Crippen LogP contribution in [0.15, 0.2) is 24.4 Å². The SMILES string of the molecule is Cc1ccc2c(cnn2C(=O)CCCC(=O)NCCCN2CCN(C)CC2)c1. The van der Waals surface area contributed by atoms with Gasteiger partial charge in [0.05, 0.1) is 11.7 Å². The number of carbonyl (C=O) groups is 2. The summed E-state index contributed by atoms with van der Waals surface area (Å²) in [4.78, 5) is 29.2. The molecule has 1 aliphatic heterocycles. The van der Waals surface area contributed by atoms with Gasteiger partial charge in [-0.25, -0.2) is 4.68 Å². The molecular formula is C21H31N5O2. The molecule has 1 aromatic carbocycles. The average molecular weight is 386 g/mol. The number of rotatable bonds is 8. The van der Waals surface area contributed by atoms with Crippen molar-refractivity contribution in [1.29, 1.82) is 0 Å². The third-order valence-electron chi connectivity index (χ3n) is 5.32. The van der Waals surface area contributed by atoms with Gasteiger partial charge in [0.1, 0.15) is 0 Å². The summed E-state index contributed by atoms with van der Waals surface area (Å²) in [6.45, 7) is 8.18. The van der Waals surface area contributed by atoms with Crippen LogP contribution in [0.3, 0.4) is 0 Å². The van der Waals surface area contributed by atoms with Crippen LogP contribution in [0.1, 0.15) is 36.0 Å². The van der Waals surface area contributed by atoms with Crippen LogP contribution in [0.2, 0.25) is 0 Å². The van der Waals surface area contributed by atoms with Gasteiger partial charge in [-0.2, -0.15) is 5.10 Å². The van der Waals surface area contributed by atoms with E-state index in [4.69, 9.17) is 0 Å². The van der Waals surface area contributed by atoms with Crippen LogP contribution in [0.25, 0.3) is 10.9 Å². The van der Waals surface area contributed by atoms with E-state index in [1.165, 1.54) is 4.68 Å². The Kier molecular flexibility index (Phi) is 7.17. The van der Waals surface area contributed by atoms with E-state index in [0.717, 1.165) is 55.6 Å². The summed E-state index contributed by atoms with van der Waals surface area (Å²) in [6, 6.07) is 5.91. The maximum atomic E-state index is 12.4. The molecule has 0 unspecified atom stereocenters. The third-order valence-corrected chi connectivity index (χ3v) is 5.32. The van der Waals surface area contributed by atoms with Crippen molar-refractivity contribution in [2.75, 3.05) is 46.3 Å². The number of fused-ring (bicyclic) bond motifs is 1. The monoisotopic (exact) mass is 385 g/mol. The Hall–Kier alpha value is -2.25. The molecule has 0 bridgehead atoms. The predicted octanol–water partition coefficient (Wildman–Crippen LogP) is 1.91. The van der Waals surface area contributed by atoms with Gasteiger partial charge in [0.15, 0.2) is 0 Å². The van der Waals surface area contributed by atoms with E-state index in [1.54, 1.807) is 6.20 Å². The first kappa shape index (κ1) is 20.5. The standard InChI is InChI=1S/C21H31N5O2/c1-17-7-8-19-18(15-17)16-23-26(19)21(28)6-3-5-20(27)22-9-4-10-25-13-11-24(2)12-14-25/h7-8,15-16H,3-6,9-14H2,1-2H3,(H,22,27). The zero-order chi connectivity index (χ0) is 19.9. The smallest absolute Gasteiger partial charge is 0.247 e. The number of aromatic nitrogens is 2. The summed E-state index contributed by atoms with van der Waals surface area (Å²) in [7, 11) is 2.15. The van der Waals surface area contributed by atoms with Crippen LogP contribution in [-0.2, 0) is 4.79 Å². The van der Waals surface area contributed by atoms with Crippen LogP contribution < -0.4 is 5.32 Å². The molecular weight excluding hydrogens is 354 g/mol. The van der Waals surface area contributed by atoms with Crippen molar-refractivity contribution >= 4 is 22.7 Å². The fourth-order valence-electron chi connectivity index (χ4n) is 3.55. The number of hydrogen-bond donors (Lipinski definition) is 1. The van der Waals surface area contributed by atoms with Crippen molar-refractivity contribution in [3.63, 3.8) is 0 Å². The Morgan fingerprint density at radius 1 is 1.11 bits per heavy atom. The van der Waals surface area contributed by atoms with Crippen molar-refractivity contribution in [3.8, 4) is 0 Å². The van der Waals surface area contributed by atoms with Crippen LogP contribution in [0.4, 0.5) is 0 Å². The summed E-state index contributed by atoms with van der Waals surface area (Å²) in [6.07, 6.45) is 3.91. The highest BCUT2D eigenvalue weighted by Gasteiger charge is 2.14. The van der Waals surface area contributed by atoms with E-state index in [2.05, 4.69) is 27.3 Å². The van der Waals surface area contributed by atoms with E-state index in [1.807, 2.05) is 25.1 Å². The fraction of sp³-hybridized carbons (Fsp3) is 0.571. The van der Waals surface area contributed by atoms with Crippen molar-refractivity contribution in [2.45, 2.75) is 32.6 Å². The Balaban J connectivity index is 1.32. The molecule has 1 aliphatic rings. The topological polar surface area (TPSA) is 70.5 Å². The van der Waals surface area contributed by atoms with E-state index >= 15 is 0 Å². The molecule has 7 nitrogen and oxygen atoms in total. The third kappa shape index (κ3) is 5.62. The van der Waals surface area contributed by atoms with Crippen molar-refractivity contribution in [1.82, 2.24) is 24.9 Å². The summed E-state index contributed by atoms with van der Waals surface area (Å²) in [5, 5.41) is 8.13. The largest absolute Gasteiger partial charge is 0.356 e. The molecule has 1 amide bonds. The van der Waals surface area contributed by atoms with Crippen LogP contribution in [-0.4, -0.2) is 77.7 Å². The maximum absolute atomic E-state index is 12.4. The molecule has 0 atom stereocenters. The highest BCUT2D eigenvalue weighted by molar-refractivity contribution is 5.91. The van der Waals surface area contributed by atoms with E-state index in [-0.39, 0.29) is 11.8 Å². The highest BCUT2D eigenvalue weighted by Crippen LogP contribution is 2.16. The number of likely N-dealkylation sites (N-methyl/N-ethyl adjacent to an activating group) is 1. The van der Waals surface area contributed by atoms with Crippen molar-refractivity contribution in [2.24, 2.45) is 0 Å². The van der Waals surface area contributed by atoms with E-state index in [0.29, 0.717) is 25.8 Å². The molecule has 152 valence electrons. The average Bonchev–Trinajstić information content (AvgIpc) is 3.09. The number of nitrogens with zero attached hydrogens (tertiary/aromatic N) is 4. The van der Waals surface area contributed by atoms with E-state index < -0.39 is 0 Å². The van der Waals surface area contributed by atoms with Gasteiger partial charge in [0, 0.05) is 51.0 Å². The summed E-state index contributed by atoms with van der Waals surface area (Å²) >= 11 is 0. The lowest BCUT2D eigenvalue weighted by molar-refractivity contribution is -0.121. The van der Waals surface area contributed by atoms with Gasteiger partial charge in [0.2, 0.25) is 11.8 Å². The summed E-state index contributed by atoms with van der Waals surface area (Å²) in [5.41, 5.74) is 1.97. The van der Waals surface area contributed by atoms with Gasteiger partial charge < -0.3 is 15.1 Å². The summed E-state index contributed by atoms with van der Waals surface area (Å²) < 4.78 is 1.45. The molecule has 2 aromatic rings. The predicted molar refractivity (Wildman–Crippen MR) is 111 cm³/mol. The fourth-order valence-corrected chi connectivity index (χ4v) is 3.55. The minimum atomic E-state index is -0.0679. The molecule has 1 fully saturated rings. The second kappa shape index (κ2) is 9.80. The lowest BCUT2D eigenvalue weighted by Crippen LogP contribution is -2.45. The molecule has 1 saturated heterocycles. The second-order valence-electron chi connectivity index (χ2n) is 7.71. The number of nitrogens with one attached hydrogen (secondary N) is 1. The molecule has 2 heterocycles. The van der Waals surface area contributed by atoms with Crippen LogP contribution in [0, 0.1) is 6.92 Å². The highest BCUT2D eigenvalue weighted by atomic mass is 16.2. The van der Waals surface area contributed by atoms with Crippen LogP contribution in [0.5, 0.6) is 0 Å². The van der Waals surface area contributed by atoms with Gasteiger partial charge in [-0.05, 0) is 45.5 Å². The molecule has 0 saturated carbocycles. The lowest BCUT2D eigenvalue weighted by Gasteiger charge is -2.32.